The molecule has 0 saturated heterocycles. The quantitative estimate of drug-likeness (QED) is 0.560. The summed E-state index contributed by atoms with van der Waals surface area (Å²) >= 11 is 0. The first-order valence-electron chi connectivity index (χ1n) is 11.0. The maximum Gasteiger partial charge on any atom is 0.302 e. The molecular formula is C23H39NO3. The molecule has 8 atom stereocenters. The molecule has 2 saturated carbocycles. The summed E-state index contributed by atoms with van der Waals surface area (Å²) in [6, 6.07) is 0.553. The van der Waals surface area contributed by atoms with Crippen LogP contribution >= 0.6 is 0 Å². The van der Waals surface area contributed by atoms with Crippen molar-refractivity contribution in [2.45, 2.75) is 90.9 Å². The van der Waals surface area contributed by atoms with E-state index in [0.717, 1.165) is 32.1 Å². The number of hydrogen-bond acceptors (Lipinski definition) is 4. The summed E-state index contributed by atoms with van der Waals surface area (Å²) in [5, 5.41) is 14.5. The van der Waals surface area contributed by atoms with Gasteiger partial charge in [0.2, 0.25) is 0 Å². The molecule has 0 aromatic rings. The highest BCUT2D eigenvalue weighted by Crippen LogP contribution is 2.55. The van der Waals surface area contributed by atoms with Crippen molar-refractivity contribution in [2.75, 3.05) is 7.05 Å². The maximum atomic E-state index is 11.4. The van der Waals surface area contributed by atoms with Crippen molar-refractivity contribution in [3.05, 3.63) is 11.6 Å². The second-order valence-electron chi connectivity index (χ2n) is 9.63. The zero-order chi connectivity index (χ0) is 19.8. The fraction of sp³-hybridized carbons (Fsp3) is 0.870. The molecule has 4 heteroatoms. The van der Waals surface area contributed by atoms with Gasteiger partial charge in [-0.05, 0) is 81.6 Å². The van der Waals surface area contributed by atoms with Gasteiger partial charge < -0.3 is 15.2 Å². The van der Waals surface area contributed by atoms with Crippen molar-refractivity contribution in [3.63, 3.8) is 0 Å². The van der Waals surface area contributed by atoms with Crippen LogP contribution < -0.4 is 5.32 Å². The third-order valence-electron chi connectivity index (χ3n) is 8.10. The van der Waals surface area contributed by atoms with Crippen LogP contribution in [0.2, 0.25) is 0 Å². The first-order chi connectivity index (χ1) is 12.8. The van der Waals surface area contributed by atoms with Crippen LogP contribution in [0, 0.1) is 29.1 Å². The Morgan fingerprint density at radius 1 is 1.37 bits per heavy atom. The molecule has 0 radical (unpaired) electrons. The molecule has 27 heavy (non-hydrogen) atoms. The van der Waals surface area contributed by atoms with Crippen molar-refractivity contribution in [2.24, 2.45) is 29.1 Å². The summed E-state index contributed by atoms with van der Waals surface area (Å²) in [5.41, 5.74) is 1.71. The smallest absolute Gasteiger partial charge is 0.302 e. The van der Waals surface area contributed by atoms with E-state index in [2.05, 4.69) is 25.2 Å². The second kappa shape index (κ2) is 8.24. The first-order valence-corrected chi connectivity index (χ1v) is 11.0. The summed E-state index contributed by atoms with van der Waals surface area (Å²) in [7, 11) is 2.05. The Bertz CT molecular complexity index is 574. The fourth-order valence-electron chi connectivity index (χ4n) is 6.59. The largest absolute Gasteiger partial charge is 0.463 e. The molecule has 7 unspecified atom stereocenters. The molecule has 3 rings (SSSR count). The van der Waals surface area contributed by atoms with Gasteiger partial charge >= 0.3 is 5.97 Å². The van der Waals surface area contributed by atoms with Gasteiger partial charge in [-0.3, -0.25) is 4.79 Å². The summed E-state index contributed by atoms with van der Waals surface area (Å²) in [5.74, 6) is 1.65. The van der Waals surface area contributed by atoms with E-state index < -0.39 is 0 Å². The van der Waals surface area contributed by atoms with Crippen LogP contribution in [0.3, 0.4) is 0 Å². The Balaban J connectivity index is 1.76. The van der Waals surface area contributed by atoms with E-state index in [1.54, 1.807) is 0 Å². The predicted molar refractivity (Wildman–Crippen MR) is 108 cm³/mol. The molecule has 0 heterocycles. The number of hydrogen-bond donors (Lipinski definition) is 2. The summed E-state index contributed by atoms with van der Waals surface area (Å²) in [6.07, 6.45) is 9.82. The molecule has 154 valence electrons. The molecule has 0 aromatic carbocycles. The molecule has 0 aromatic heterocycles. The van der Waals surface area contributed by atoms with Crippen LogP contribution in [0.15, 0.2) is 11.6 Å². The Morgan fingerprint density at radius 2 is 2.11 bits per heavy atom. The van der Waals surface area contributed by atoms with Gasteiger partial charge in [-0.15, -0.1) is 0 Å². The second-order valence-corrected chi connectivity index (χ2v) is 9.63. The molecule has 0 spiro atoms. The van der Waals surface area contributed by atoms with Gasteiger partial charge in [-0.25, -0.2) is 0 Å². The highest BCUT2D eigenvalue weighted by molar-refractivity contribution is 5.66. The monoisotopic (exact) mass is 377 g/mol. The number of aliphatic hydroxyl groups is 1. The lowest BCUT2D eigenvalue weighted by Gasteiger charge is -2.48. The lowest BCUT2D eigenvalue weighted by molar-refractivity contribution is -0.149. The molecule has 0 amide bonds. The third-order valence-corrected chi connectivity index (χ3v) is 8.10. The lowest BCUT2D eigenvalue weighted by Crippen LogP contribution is -2.44. The number of carbonyl (C=O) groups is 1. The van der Waals surface area contributed by atoms with Gasteiger partial charge in [0, 0.05) is 13.0 Å². The highest BCUT2D eigenvalue weighted by atomic mass is 16.5. The third kappa shape index (κ3) is 4.12. The van der Waals surface area contributed by atoms with E-state index >= 15 is 0 Å². The molecule has 3 aliphatic carbocycles. The number of fused-ring (bicyclic) bond motifs is 1. The van der Waals surface area contributed by atoms with E-state index in [4.69, 9.17) is 4.74 Å². The zero-order valence-electron chi connectivity index (χ0n) is 17.8. The first kappa shape index (κ1) is 20.9. The van der Waals surface area contributed by atoms with E-state index in [1.165, 1.54) is 25.3 Å². The van der Waals surface area contributed by atoms with Gasteiger partial charge in [0.25, 0.3) is 0 Å². The van der Waals surface area contributed by atoms with Crippen molar-refractivity contribution >= 4 is 5.97 Å². The standard InChI is InChI=1S/C23H39NO3/c1-6-18-19(14(2)27-15(3)25)7-8-20(18)21-13-23(4)10-9-17(24-5)11-16(23)12-22(21)26/h12,14,17-22,24,26H,6-11,13H2,1-5H3/t14?,17?,18-,19?,20?,21?,22?,23?/m0/s1. The molecule has 2 N–H and O–H groups in total. The van der Waals surface area contributed by atoms with Crippen molar-refractivity contribution < 1.29 is 14.6 Å². The van der Waals surface area contributed by atoms with Gasteiger partial charge in [0.1, 0.15) is 6.10 Å². The van der Waals surface area contributed by atoms with E-state index in [1.807, 2.05) is 14.0 Å². The van der Waals surface area contributed by atoms with Crippen LogP contribution in [0.5, 0.6) is 0 Å². The van der Waals surface area contributed by atoms with Gasteiger partial charge in [0.05, 0.1) is 6.10 Å². The maximum absolute atomic E-state index is 11.4. The fourth-order valence-corrected chi connectivity index (χ4v) is 6.59. The number of carbonyl (C=O) groups excluding carboxylic acids is 1. The van der Waals surface area contributed by atoms with Crippen molar-refractivity contribution in [1.82, 2.24) is 5.32 Å². The zero-order valence-corrected chi connectivity index (χ0v) is 17.8. The SMILES string of the molecule is CC[C@H]1C(C(C)OC(C)=O)CCC1C1CC2(C)CCC(NC)CC2=CC1O. The van der Waals surface area contributed by atoms with Gasteiger partial charge in [0.15, 0.2) is 0 Å². The highest BCUT2D eigenvalue weighted by Gasteiger charge is 2.49. The molecular weight excluding hydrogens is 338 g/mol. The number of nitrogens with one attached hydrogen (secondary N) is 1. The molecule has 0 aliphatic heterocycles. The Labute approximate surface area is 165 Å². The average molecular weight is 378 g/mol. The molecule has 3 aliphatic rings. The van der Waals surface area contributed by atoms with E-state index in [-0.39, 0.29) is 23.6 Å². The minimum absolute atomic E-state index is 0.0223. The van der Waals surface area contributed by atoms with Gasteiger partial charge in [-0.2, -0.15) is 0 Å². The van der Waals surface area contributed by atoms with Crippen LogP contribution in [0.4, 0.5) is 0 Å². The van der Waals surface area contributed by atoms with Crippen LogP contribution in [0.1, 0.15) is 72.6 Å². The number of ether oxygens (including phenoxy) is 1. The number of esters is 1. The van der Waals surface area contributed by atoms with Crippen molar-refractivity contribution in [3.8, 4) is 0 Å². The Hall–Kier alpha value is -0.870. The van der Waals surface area contributed by atoms with E-state index in [9.17, 15) is 9.90 Å². The van der Waals surface area contributed by atoms with E-state index in [0.29, 0.717) is 29.7 Å². The lowest BCUT2D eigenvalue weighted by atomic mass is 9.58. The minimum Gasteiger partial charge on any atom is -0.463 e. The van der Waals surface area contributed by atoms with Crippen LogP contribution in [-0.4, -0.2) is 36.4 Å². The van der Waals surface area contributed by atoms with Crippen LogP contribution in [-0.2, 0) is 9.53 Å². The number of aliphatic hydroxyl groups excluding tert-OH is 1. The molecule has 0 bridgehead atoms. The van der Waals surface area contributed by atoms with Crippen LogP contribution in [0.25, 0.3) is 0 Å². The minimum atomic E-state index is -0.328. The topological polar surface area (TPSA) is 58.6 Å². The normalized spacial score (nSPS) is 43.0. The Morgan fingerprint density at radius 3 is 2.74 bits per heavy atom. The summed E-state index contributed by atoms with van der Waals surface area (Å²) < 4.78 is 5.54. The average Bonchev–Trinajstić information content (AvgIpc) is 3.04. The molecule has 2 fully saturated rings. The Kier molecular flexibility index (Phi) is 6.37. The predicted octanol–water partition coefficient (Wildman–Crippen LogP) is 4.08. The summed E-state index contributed by atoms with van der Waals surface area (Å²) in [6.45, 7) is 8.22. The summed E-state index contributed by atoms with van der Waals surface area (Å²) in [4.78, 5) is 11.4. The van der Waals surface area contributed by atoms with Gasteiger partial charge in [-0.1, -0.05) is 31.9 Å². The number of rotatable bonds is 5. The molecule has 4 nitrogen and oxygen atoms in total. The van der Waals surface area contributed by atoms with Crippen molar-refractivity contribution in [1.29, 1.82) is 0 Å².